The van der Waals surface area contributed by atoms with E-state index in [4.69, 9.17) is 4.52 Å². The molecule has 1 aromatic carbocycles. The van der Waals surface area contributed by atoms with Crippen LogP contribution in [-0.4, -0.2) is 19.8 Å². The Morgan fingerprint density at radius 3 is 2.71 bits per heavy atom. The number of aliphatic hydroxyl groups is 1. The molecule has 0 unspecified atom stereocenters. The lowest BCUT2D eigenvalue weighted by molar-refractivity contribution is 0.267. The summed E-state index contributed by atoms with van der Waals surface area (Å²) < 4.78 is 7.25. The average molecular weight is 285 g/mol. The largest absolute Gasteiger partial charge is 0.388 e. The normalized spacial score (nSPS) is 11.4. The Bertz CT molecular complexity index is 767. The molecule has 0 atom stereocenters. The van der Waals surface area contributed by atoms with Gasteiger partial charge in [0, 0.05) is 5.56 Å². The van der Waals surface area contributed by atoms with Gasteiger partial charge in [-0.05, 0) is 38.0 Å². The van der Waals surface area contributed by atoms with Crippen molar-refractivity contribution in [2.75, 3.05) is 0 Å². The maximum atomic E-state index is 9.59. The summed E-state index contributed by atoms with van der Waals surface area (Å²) in [6.45, 7) is 6.48. The van der Waals surface area contributed by atoms with E-state index < -0.39 is 0 Å². The maximum absolute atomic E-state index is 9.59. The highest BCUT2D eigenvalue weighted by molar-refractivity contribution is 5.77. The molecular weight excluding hydrogens is 266 g/mol. The zero-order chi connectivity index (χ0) is 15.0. The molecule has 3 aromatic rings. The van der Waals surface area contributed by atoms with Crippen LogP contribution < -0.4 is 0 Å². The van der Waals surface area contributed by atoms with E-state index in [9.17, 15) is 5.11 Å². The fraction of sp³-hybridized carbons (Fsp3) is 0.375. The second-order valence-corrected chi connectivity index (χ2v) is 5.25. The van der Waals surface area contributed by atoms with Gasteiger partial charge in [0.2, 0.25) is 0 Å². The van der Waals surface area contributed by atoms with Gasteiger partial charge in [0.15, 0.2) is 0 Å². The second-order valence-electron chi connectivity index (χ2n) is 5.25. The zero-order valence-electron chi connectivity index (χ0n) is 12.6. The fourth-order valence-electron chi connectivity index (χ4n) is 2.63. The lowest BCUT2D eigenvalue weighted by Gasteiger charge is -2.07. The summed E-state index contributed by atoms with van der Waals surface area (Å²) >= 11 is 0. The SMILES string of the molecule is CCc1ccc2c(c1)nc(CO)n2Cc1c(C)noc1C. The van der Waals surface area contributed by atoms with Crippen molar-refractivity contribution in [1.29, 1.82) is 0 Å². The van der Waals surface area contributed by atoms with Crippen molar-refractivity contribution in [3.05, 3.63) is 46.6 Å². The number of hydrogen-bond acceptors (Lipinski definition) is 4. The van der Waals surface area contributed by atoms with Crippen LogP contribution in [0.5, 0.6) is 0 Å². The Labute approximate surface area is 123 Å². The van der Waals surface area contributed by atoms with E-state index in [1.165, 1.54) is 5.56 Å². The molecule has 21 heavy (non-hydrogen) atoms. The number of nitrogens with zero attached hydrogens (tertiary/aromatic N) is 3. The number of rotatable bonds is 4. The third-order valence-corrected chi connectivity index (χ3v) is 3.94. The standard InChI is InChI=1S/C16H19N3O2/c1-4-12-5-6-15-14(7-12)17-16(9-20)19(15)8-13-10(2)18-21-11(13)3/h5-7,20H,4,8-9H2,1-3H3. The monoisotopic (exact) mass is 285 g/mol. The summed E-state index contributed by atoms with van der Waals surface area (Å²) in [7, 11) is 0. The Kier molecular flexibility index (Phi) is 3.51. The van der Waals surface area contributed by atoms with Gasteiger partial charge in [-0.2, -0.15) is 0 Å². The van der Waals surface area contributed by atoms with E-state index in [0.717, 1.165) is 34.5 Å². The highest BCUT2D eigenvalue weighted by Crippen LogP contribution is 2.22. The van der Waals surface area contributed by atoms with Gasteiger partial charge in [-0.3, -0.25) is 0 Å². The van der Waals surface area contributed by atoms with Crippen molar-refractivity contribution >= 4 is 11.0 Å². The predicted octanol–water partition coefficient (Wildman–Crippen LogP) is 2.74. The Hall–Kier alpha value is -2.14. The van der Waals surface area contributed by atoms with Gasteiger partial charge in [-0.1, -0.05) is 18.1 Å². The summed E-state index contributed by atoms with van der Waals surface area (Å²) in [6.07, 6.45) is 0.973. The van der Waals surface area contributed by atoms with Crippen LogP contribution in [0.1, 0.15) is 35.3 Å². The molecule has 0 spiro atoms. The minimum atomic E-state index is -0.0838. The van der Waals surface area contributed by atoms with Crippen molar-refractivity contribution in [2.45, 2.75) is 40.3 Å². The molecule has 2 heterocycles. The van der Waals surface area contributed by atoms with Crippen LogP contribution in [0.4, 0.5) is 0 Å². The lowest BCUT2D eigenvalue weighted by atomic mass is 10.1. The minimum Gasteiger partial charge on any atom is -0.388 e. The molecule has 0 saturated carbocycles. The van der Waals surface area contributed by atoms with Crippen molar-refractivity contribution < 1.29 is 9.63 Å². The first-order chi connectivity index (χ1) is 10.1. The number of aliphatic hydroxyl groups excluding tert-OH is 1. The van der Waals surface area contributed by atoms with Gasteiger partial charge in [-0.15, -0.1) is 0 Å². The van der Waals surface area contributed by atoms with E-state index in [2.05, 4.69) is 35.3 Å². The zero-order valence-corrected chi connectivity index (χ0v) is 12.6. The van der Waals surface area contributed by atoms with Gasteiger partial charge < -0.3 is 14.2 Å². The first-order valence-corrected chi connectivity index (χ1v) is 7.14. The Balaban J connectivity index is 2.12. The van der Waals surface area contributed by atoms with Crippen LogP contribution in [0.25, 0.3) is 11.0 Å². The van der Waals surface area contributed by atoms with Crippen LogP contribution >= 0.6 is 0 Å². The van der Waals surface area contributed by atoms with Crippen LogP contribution in [0, 0.1) is 13.8 Å². The molecule has 5 heteroatoms. The fourth-order valence-corrected chi connectivity index (χ4v) is 2.63. The van der Waals surface area contributed by atoms with Crippen LogP contribution in [0.2, 0.25) is 0 Å². The van der Waals surface area contributed by atoms with Gasteiger partial charge >= 0.3 is 0 Å². The third kappa shape index (κ3) is 2.34. The van der Waals surface area contributed by atoms with Gasteiger partial charge in [0.25, 0.3) is 0 Å². The number of aryl methyl sites for hydroxylation is 3. The molecule has 0 fully saturated rings. The van der Waals surface area contributed by atoms with Gasteiger partial charge in [0.05, 0.1) is 23.3 Å². The molecule has 0 radical (unpaired) electrons. The first-order valence-electron chi connectivity index (χ1n) is 7.14. The molecule has 5 nitrogen and oxygen atoms in total. The van der Waals surface area contributed by atoms with Crippen molar-refractivity contribution in [3.8, 4) is 0 Å². The predicted molar refractivity (Wildman–Crippen MR) is 80.1 cm³/mol. The number of benzene rings is 1. The first kappa shape index (κ1) is 13.8. The summed E-state index contributed by atoms with van der Waals surface area (Å²) in [5, 5.41) is 13.6. The van der Waals surface area contributed by atoms with Crippen LogP contribution in [-0.2, 0) is 19.6 Å². The maximum Gasteiger partial charge on any atom is 0.138 e. The molecular formula is C16H19N3O2. The molecule has 0 saturated heterocycles. The minimum absolute atomic E-state index is 0.0838. The van der Waals surface area contributed by atoms with Gasteiger partial charge in [0.1, 0.15) is 18.2 Å². The molecule has 110 valence electrons. The topological polar surface area (TPSA) is 64.1 Å². The molecule has 0 bridgehead atoms. The van der Waals surface area contributed by atoms with E-state index in [-0.39, 0.29) is 6.61 Å². The van der Waals surface area contributed by atoms with Crippen molar-refractivity contribution in [3.63, 3.8) is 0 Å². The van der Waals surface area contributed by atoms with E-state index >= 15 is 0 Å². The highest BCUT2D eigenvalue weighted by Gasteiger charge is 2.15. The molecule has 0 aliphatic rings. The molecule has 3 rings (SSSR count). The second kappa shape index (κ2) is 5.33. The molecule has 0 amide bonds. The number of fused-ring (bicyclic) bond motifs is 1. The molecule has 1 N–H and O–H groups in total. The molecule has 0 aliphatic carbocycles. The number of aromatic nitrogens is 3. The summed E-state index contributed by atoms with van der Waals surface area (Å²) in [6, 6.07) is 6.26. The summed E-state index contributed by atoms with van der Waals surface area (Å²) in [4.78, 5) is 4.54. The van der Waals surface area contributed by atoms with Crippen LogP contribution in [0.15, 0.2) is 22.7 Å². The van der Waals surface area contributed by atoms with Crippen molar-refractivity contribution in [2.24, 2.45) is 0 Å². The van der Waals surface area contributed by atoms with Crippen LogP contribution in [0.3, 0.4) is 0 Å². The Morgan fingerprint density at radius 1 is 1.29 bits per heavy atom. The number of imidazole rings is 1. The molecule has 2 aromatic heterocycles. The van der Waals surface area contributed by atoms with Crippen molar-refractivity contribution in [1.82, 2.24) is 14.7 Å². The highest BCUT2D eigenvalue weighted by atomic mass is 16.5. The summed E-state index contributed by atoms with van der Waals surface area (Å²) in [5.41, 5.74) is 5.11. The number of hydrogen-bond donors (Lipinski definition) is 1. The van der Waals surface area contributed by atoms with E-state index in [1.807, 2.05) is 18.4 Å². The van der Waals surface area contributed by atoms with E-state index in [0.29, 0.717) is 12.4 Å². The van der Waals surface area contributed by atoms with E-state index in [1.54, 1.807) is 0 Å². The quantitative estimate of drug-likeness (QED) is 0.800. The molecule has 0 aliphatic heterocycles. The Morgan fingerprint density at radius 2 is 2.10 bits per heavy atom. The van der Waals surface area contributed by atoms with Gasteiger partial charge in [-0.25, -0.2) is 4.98 Å². The third-order valence-electron chi connectivity index (χ3n) is 3.94. The average Bonchev–Trinajstić information content (AvgIpc) is 3.01. The lowest BCUT2D eigenvalue weighted by Crippen LogP contribution is -2.06. The summed E-state index contributed by atoms with van der Waals surface area (Å²) in [5.74, 6) is 1.47. The smallest absolute Gasteiger partial charge is 0.138 e.